The summed E-state index contributed by atoms with van der Waals surface area (Å²) in [5.74, 6) is -1.57. The van der Waals surface area contributed by atoms with Crippen LogP contribution in [0.5, 0.6) is 0 Å². The first-order valence-electron chi connectivity index (χ1n) is 9.32. The number of halogens is 4. The molecule has 1 N–H and O–H groups in total. The lowest BCUT2D eigenvalue weighted by Crippen LogP contribution is -2.25. The normalized spacial score (nSPS) is 24.0. The SMILES string of the molecule is Cc1cc(C(=O)O)nc(N2C[C@H]3CC(c4cc(F)ccc4C(F)(F)F)C[C@H]3C2)n1. The molecule has 0 amide bonds. The summed E-state index contributed by atoms with van der Waals surface area (Å²) in [5.41, 5.74) is -0.291. The van der Waals surface area contributed by atoms with E-state index in [1.165, 1.54) is 6.07 Å². The molecule has 9 heteroatoms. The number of carboxylic acids is 1. The number of nitrogens with zero attached hydrogens (tertiary/aromatic N) is 3. The lowest BCUT2D eigenvalue weighted by Gasteiger charge is -2.22. The zero-order valence-corrected chi connectivity index (χ0v) is 15.6. The van der Waals surface area contributed by atoms with Gasteiger partial charge in [0, 0.05) is 18.8 Å². The van der Waals surface area contributed by atoms with Crippen LogP contribution in [0.15, 0.2) is 24.3 Å². The van der Waals surface area contributed by atoms with Crippen molar-refractivity contribution >= 4 is 11.9 Å². The molecule has 1 aliphatic carbocycles. The third-order valence-corrected chi connectivity index (χ3v) is 5.85. The molecule has 4 rings (SSSR count). The lowest BCUT2D eigenvalue weighted by molar-refractivity contribution is -0.138. The Kier molecular flexibility index (Phi) is 4.71. The summed E-state index contributed by atoms with van der Waals surface area (Å²) in [4.78, 5) is 21.5. The van der Waals surface area contributed by atoms with Gasteiger partial charge in [-0.15, -0.1) is 0 Å². The standard InChI is InChI=1S/C20H19F4N3O2/c1-10-4-17(18(28)29)26-19(25-10)27-8-12-5-11(6-13(12)9-27)15-7-14(21)2-3-16(15)20(22,23)24/h2-4,7,11-13H,5-6,8-9H2,1H3,(H,28,29)/t11?,12-,13+. The molecule has 3 atom stereocenters. The van der Waals surface area contributed by atoms with Gasteiger partial charge in [-0.25, -0.2) is 19.2 Å². The summed E-state index contributed by atoms with van der Waals surface area (Å²) >= 11 is 0. The summed E-state index contributed by atoms with van der Waals surface area (Å²) in [7, 11) is 0. The van der Waals surface area contributed by atoms with Crippen LogP contribution >= 0.6 is 0 Å². The third-order valence-electron chi connectivity index (χ3n) is 5.85. The fourth-order valence-corrected chi connectivity index (χ4v) is 4.65. The maximum Gasteiger partial charge on any atom is 0.416 e. The van der Waals surface area contributed by atoms with Crippen LogP contribution in [0.2, 0.25) is 0 Å². The van der Waals surface area contributed by atoms with Crippen molar-refractivity contribution < 1.29 is 27.5 Å². The van der Waals surface area contributed by atoms with Crippen molar-refractivity contribution in [1.29, 1.82) is 0 Å². The van der Waals surface area contributed by atoms with E-state index < -0.39 is 23.5 Å². The summed E-state index contributed by atoms with van der Waals surface area (Å²) in [6, 6.07) is 4.06. The maximum atomic E-state index is 13.7. The van der Waals surface area contributed by atoms with Gasteiger partial charge in [-0.05, 0) is 67.3 Å². The van der Waals surface area contributed by atoms with Crippen LogP contribution in [0.25, 0.3) is 0 Å². The molecule has 1 unspecified atom stereocenters. The van der Waals surface area contributed by atoms with Crippen molar-refractivity contribution in [2.45, 2.75) is 31.9 Å². The van der Waals surface area contributed by atoms with Crippen LogP contribution in [0, 0.1) is 24.6 Å². The lowest BCUT2D eigenvalue weighted by atomic mass is 9.91. The van der Waals surface area contributed by atoms with Crippen LogP contribution in [0.3, 0.4) is 0 Å². The molecule has 1 saturated carbocycles. The average Bonchev–Trinajstić information content (AvgIpc) is 3.19. The van der Waals surface area contributed by atoms with Gasteiger partial charge in [-0.2, -0.15) is 13.2 Å². The van der Waals surface area contributed by atoms with E-state index in [0.29, 0.717) is 37.6 Å². The van der Waals surface area contributed by atoms with E-state index in [-0.39, 0.29) is 29.0 Å². The topological polar surface area (TPSA) is 66.3 Å². The Bertz CT molecular complexity index is 949. The van der Waals surface area contributed by atoms with Crippen LogP contribution in [-0.2, 0) is 6.18 Å². The van der Waals surface area contributed by atoms with Gasteiger partial charge in [0.05, 0.1) is 5.56 Å². The highest BCUT2D eigenvalue weighted by Crippen LogP contribution is 2.49. The summed E-state index contributed by atoms with van der Waals surface area (Å²) in [6.07, 6.45) is -3.48. The van der Waals surface area contributed by atoms with Crippen LogP contribution in [-0.4, -0.2) is 34.1 Å². The average molecular weight is 409 g/mol. The Hall–Kier alpha value is -2.71. The molecule has 1 aromatic heterocycles. The second-order valence-electron chi connectivity index (χ2n) is 7.82. The highest BCUT2D eigenvalue weighted by atomic mass is 19.4. The molecule has 1 aliphatic heterocycles. The molecule has 1 aromatic carbocycles. The van der Waals surface area contributed by atoms with Crippen molar-refractivity contribution in [2.24, 2.45) is 11.8 Å². The largest absolute Gasteiger partial charge is 0.477 e. The zero-order valence-electron chi connectivity index (χ0n) is 15.6. The Labute approximate surface area is 164 Å². The first-order chi connectivity index (χ1) is 13.6. The number of aryl methyl sites for hydroxylation is 1. The van der Waals surface area contributed by atoms with E-state index in [2.05, 4.69) is 9.97 Å². The predicted molar refractivity (Wildman–Crippen MR) is 96.3 cm³/mol. The third kappa shape index (κ3) is 3.77. The highest BCUT2D eigenvalue weighted by molar-refractivity contribution is 5.85. The molecular formula is C20H19F4N3O2. The van der Waals surface area contributed by atoms with Gasteiger partial charge in [0.25, 0.3) is 0 Å². The number of carboxylic acid groups (broad SMARTS) is 1. The van der Waals surface area contributed by atoms with Crippen LogP contribution in [0.4, 0.5) is 23.5 Å². The number of aromatic nitrogens is 2. The summed E-state index contributed by atoms with van der Waals surface area (Å²) in [5, 5.41) is 9.18. The molecule has 2 aliphatic rings. The van der Waals surface area contributed by atoms with E-state index in [9.17, 15) is 27.5 Å². The van der Waals surface area contributed by atoms with Gasteiger partial charge in [-0.1, -0.05) is 0 Å². The summed E-state index contributed by atoms with van der Waals surface area (Å²) in [6.45, 7) is 2.77. The monoisotopic (exact) mass is 409 g/mol. The van der Waals surface area contributed by atoms with E-state index in [1.807, 2.05) is 4.90 Å². The smallest absolute Gasteiger partial charge is 0.416 e. The molecule has 29 heavy (non-hydrogen) atoms. The van der Waals surface area contributed by atoms with Gasteiger partial charge in [0.15, 0.2) is 5.69 Å². The van der Waals surface area contributed by atoms with Crippen molar-refractivity contribution in [3.05, 3.63) is 52.6 Å². The molecule has 0 radical (unpaired) electrons. The molecule has 2 fully saturated rings. The maximum absolute atomic E-state index is 13.7. The van der Waals surface area contributed by atoms with E-state index >= 15 is 0 Å². The number of hydrogen-bond donors (Lipinski definition) is 1. The molecule has 2 aromatic rings. The Morgan fingerprint density at radius 1 is 1.14 bits per heavy atom. The molecule has 0 spiro atoms. The number of aromatic carboxylic acids is 1. The van der Waals surface area contributed by atoms with E-state index in [0.717, 1.165) is 18.2 Å². The second-order valence-corrected chi connectivity index (χ2v) is 7.82. The molecule has 154 valence electrons. The first-order valence-corrected chi connectivity index (χ1v) is 9.32. The Morgan fingerprint density at radius 2 is 1.79 bits per heavy atom. The van der Waals surface area contributed by atoms with Gasteiger partial charge in [0.1, 0.15) is 5.82 Å². The van der Waals surface area contributed by atoms with Crippen molar-refractivity contribution in [1.82, 2.24) is 9.97 Å². The summed E-state index contributed by atoms with van der Waals surface area (Å²) < 4.78 is 53.7. The van der Waals surface area contributed by atoms with Gasteiger partial charge in [0.2, 0.25) is 5.95 Å². The van der Waals surface area contributed by atoms with Crippen molar-refractivity contribution in [2.75, 3.05) is 18.0 Å². The fraction of sp³-hybridized carbons (Fsp3) is 0.450. The van der Waals surface area contributed by atoms with Crippen molar-refractivity contribution in [3.8, 4) is 0 Å². The van der Waals surface area contributed by atoms with Gasteiger partial charge in [-0.3, -0.25) is 0 Å². The number of fused-ring (bicyclic) bond motifs is 1. The molecule has 0 bridgehead atoms. The minimum absolute atomic E-state index is 0.0263. The number of anilines is 1. The molecule has 1 saturated heterocycles. The number of carbonyl (C=O) groups is 1. The minimum Gasteiger partial charge on any atom is -0.477 e. The van der Waals surface area contributed by atoms with Crippen LogP contribution in [0.1, 0.15) is 46.1 Å². The van der Waals surface area contributed by atoms with Crippen LogP contribution < -0.4 is 4.90 Å². The zero-order chi connectivity index (χ0) is 20.9. The Morgan fingerprint density at radius 3 is 2.38 bits per heavy atom. The van der Waals surface area contributed by atoms with Gasteiger partial charge < -0.3 is 10.0 Å². The number of benzene rings is 1. The second kappa shape index (κ2) is 6.96. The van der Waals surface area contributed by atoms with Gasteiger partial charge >= 0.3 is 12.1 Å². The highest BCUT2D eigenvalue weighted by Gasteiger charge is 2.45. The van der Waals surface area contributed by atoms with Crippen molar-refractivity contribution in [3.63, 3.8) is 0 Å². The molecule has 5 nitrogen and oxygen atoms in total. The number of alkyl halides is 3. The van der Waals surface area contributed by atoms with E-state index in [1.54, 1.807) is 6.92 Å². The molecular weight excluding hydrogens is 390 g/mol. The quantitative estimate of drug-likeness (QED) is 0.767. The number of rotatable bonds is 3. The Balaban J connectivity index is 1.53. The minimum atomic E-state index is -4.52. The predicted octanol–water partition coefficient (Wildman–Crippen LogP) is 4.27. The number of hydrogen-bond acceptors (Lipinski definition) is 4. The fourth-order valence-electron chi connectivity index (χ4n) is 4.65. The van der Waals surface area contributed by atoms with E-state index in [4.69, 9.17) is 0 Å². The first kappa shape index (κ1) is 19.6. The molecule has 2 heterocycles.